The van der Waals surface area contributed by atoms with Crippen LogP contribution in [0, 0.1) is 5.82 Å². The fourth-order valence-electron chi connectivity index (χ4n) is 1.78. The van der Waals surface area contributed by atoms with Crippen LogP contribution in [0.4, 0.5) is 4.39 Å². The third-order valence-electron chi connectivity index (χ3n) is 2.88. The van der Waals surface area contributed by atoms with E-state index in [9.17, 15) is 4.39 Å². The van der Waals surface area contributed by atoms with Gasteiger partial charge >= 0.3 is 0 Å². The van der Waals surface area contributed by atoms with Crippen molar-refractivity contribution >= 4 is 34.8 Å². The first kappa shape index (κ1) is 16.1. The Bertz CT molecular complexity index is 837. The van der Waals surface area contributed by atoms with E-state index >= 15 is 0 Å². The summed E-state index contributed by atoms with van der Waals surface area (Å²) in [5.41, 5.74) is 0.263. The molecular weight excluding hydrogens is 366 g/mol. The van der Waals surface area contributed by atoms with Gasteiger partial charge < -0.3 is 9.15 Å². The fraction of sp³-hybridized carbons (Fsp3) is 0.0667. The number of hydrogen-bond donors (Lipinski definition) is 0. The van der Waals surface area contributed by atoms with Crippen molar-refractivity contribution in [3.63, 3.8) is 0 Å². The lowest BCUT2D eigenvalue weighted by Crippen LogP contribution is -1.95. The number of benzene rings is 2. The van der Waals surface area contributed by atoms with Gasteiger partial charge in [-0.3, -0.25) is 0 Å². The molecule has 0 saturated carbocycles. The van der Waals surface area contributed by atoms with Gasteiger partial charge in [-0.2, -0.15) is 0 Å². The summed E-state index contributed by atoms with van der Waals surface area (Å²) >= 11 is 17.5. The lowest BCUT2D eigenvalue weighted by molar-refractivity contribution is 0.264. The zero-order chi connectivity index (χ0) is 16.4. The van der Waals surface area contributed by atoms with Gasteiger partial charge in [0.1, 0.15) is 11.6 Å². The Kier molecular flexibility index (Phi) is 4.71. The van der Waals surface area contributed by atoms with E-state index in [1.807, 2.05) is 0 Å². The molecule has 0 N–H and O–H groups in total. The van der Waals surface area contributed by atoms with Gasteiger partial charge in [-0.15, -0.1) is 10.2 Å². The Balaban J connectivity index is 1.75. The average molecular weight is 374 g/mol. The van der Waals surface area contributed by atoms with Crippen molar-refractivity contribution in [1.82, 2.24) is 10.2 Å². The van der Waals surface area contributed by atoms with Crippen molar-refractivity contribution in [3.05, 3.63) is 63.2 Å². The second-order valence-electron chi connectivity index (χ2n) is 4.49. The van der Waals surface area contributed by atoms with Crippen LogP contribution < -0.4 is 4.74 Å². The molecule has 1 aromatic heterocycles. The van der Waals surface area contributed by atoms with E-state index in [4.69, 9.17) is 44.0 Å². The van der Waals surface area contributed by atoms with Crippen LogP contribution in [0.1, 0.15) is 5.89 Å². The highest BCUT2D eigenvalue weighted by Crippen LogP contribution is 2.31. The molecule has 23 heavy (non-hydrogen) atoms. The molecule has 0 saturated heterocycles. The largest absolute Gasteiger partial charge is 0.484 e. The Morgan fingerprint density at radius 2 is 1.74 bits per heavy atom. The van der Waals surface area contributed by atoms with E-state index in [0.717, 1.165) is 6.07 Å². The standard InChI is InChI=1S/C15H8Cl3FN2O2/c16-8-1-3-9(4-2-8)22-7-14-20-21-15(23-14)10-5-13(19)12(18)6-11(10)17/h1-6H,7H2. The highest BCUT2D eigenvalue weighted by atomic mass is 35.5. The molecule has 8 heteroatoms. The quantitative estimate of drug-likeness (QED) is 0.573. The summed E-state index contributed by atoms with van der Waals surface area (Å²) in [5.74, 6) is 0.287. The molecule has 2 aromatic carbocycles. The monoisotopic (exact) mass is 372 g/mol. The Labute approximate surface area is 145 Å². The molecule has 0 radical (unpaired) electrons. The van der Waals surface area contributed by atoms with Gasteiger partial charge in [-0.05, 0) is 36.4 Å². The molecule has 0 aliphatic rings. The molecule has 0 aliphatic heterocycles. The Hall–Kier alpha value is -1.82. The molecule has 1 heterocycles. The van der Waals surface area contributed by atoms with Crippen LogP contribution in [0.25, 0.3) is 11.5 Å². The van der Waals surface area contributed by atoms with Crippen LogP contribution in [0.2, 0.25) is 15.1 Å². The molecule has 0 fully saturated rings. The van der Waals surface area contributed by atoms with Crippen molar-refractivity contribution in [2.75, 3.05) is 0 Å². The minimum atomic E-state index is -0.622. The normalized spacial score (nSPS) is 10.8. The molecule has 0 unspecified atom stereocenters. The molecule has 3 aromatic rings. The lowest BCUT2D eigenvalue weighted by atomic mass is 10.2. The van der Waals surface area contributed by atoms with E-state index in [2.05, 4.69) is 10.2 Å². The van der Waals surface area contributed by atoms with Crippen LogP contribution >= 0.6 is 34.8 Å². The highest BCUT2D eigenvalue weighted by Gasteiger charge is 2.15. The molecule has 0 aliphatic carbocycles. The number of rotatable bonds is 4. The SMILES string of the molecule is Fc1cc(-c2nnc(COc3ccc(Cl)cc3)o2)c(Cl)cc1Cl. The third kappa shape index (κ3) is 3.75. The molecule has 0 spiro atoms. The average Bonchev–Trinajstić information content (AvgIpc) is 2.99. The van der Waals surface area contributed by atoms with Crippen LogP contribution in [0.3, 0.4) is 0 Å². The van der Waals surface area contributed by atoms with Gasteiger partial charge in [0.2, 0.25) is 5.89 Å². The molecular formula is C15H8Cl3FN2O2. The Morgan fingerprint density at radius 3 is 2.48 bits per heavy atom. The van der Waals surface area contributed by atoms with Crippen molar-refractivity contribution in [2.24, 2.45) is 0 Å². The minimum Gasteiger partial charge on any atom is -0.484 e. The lowest BCUT2D eigenvalue weighted by Gasteiger charge is -2.03. The van der Waals surface area contributed by atoms with Gasteiger partial charge in [-0.1, -0.05) is 34.8 Å². The van der Waals surface area contributed by atoms with Crippen molar-refractivity contribution in [2.45, 2.75) is 6.61 Å². The number of halogens is 4. The smallest absolute Gasteiger partial charge is 0.254 e. The number of ether oxygens (including phenoxy) is 1. The molecule has 0 atom stereocenters. The second-order valence-corrected chi connectivity index (χ2v) is 5.74. The Morgan fingerprint density at radius 1 is 1.00 bits per heavy atom. The van der Waals surface area contributed by atoms with E-state index in [0.29, 0.717) is 10.8 Å². The van der Waals surface area contributed by atoms with Gasteiger partial charge in [0.05, 0.1) is 15.6 Å². The zero-order valence-corrected chi connectivity index (χ0v) is 13.7. The summed E-state index contributed by atoms with van der Waals surface area (Å²) < 4.78 is 24.4. The second kappa shape index (κ2) is 6.74. The first-order valence-electron chi connectivity index (χ1n) is 6.38. The predicted octanol–water partition coefficient (Wildman–Crippen LogP) is 5.41. The number of nitrogens with zero attached hydrogens (tertiary/aromatic N) is 2. The summed E-state index contributed by atoms with van der Waals surface area (Å²) in [5, 5.41) is 8.41. The van der Waals surface area contributed by atoms with Crippen molar-refractivity contribution in [1.29, 1.82) is 0 Å². The maximum Gasteiger partial charge on any atom is 0.254 e. The van der Waals surface area contributed by atoms with Gasteiger partial charge in [0.15, 0.2) is 6.61 Å². The maximum atomic E-state index is 13.5. The van der Waals surface area contributed by atoms with Gasteiger partial charge in [0.25, 0.3) is 5.89 Å². The van der Waals surface area contributed by atoms with Crippen molar-refractivity contribution < 1.29 is 13.5 Å². The van der Waals surface area contributed by atoms with E-state index in [-0.39, 0.29) is 34.0 Å². The predicted molar refractivity (Wildman–Crippen MR) is 85.5 cm³/mol. The zero-order valence-electron chi connectivity index (χ0n) is 11.4. The first-order chi connectivity index (χ1) is 11.0. The van der Waals surface area contributed by atoms with Crippen LogP contribution in [-0.2, 0) is 6.61 Å². The van der Waals surface area contributed by atoms with Crippen LogP contribution in [-0.4, -0.2) is 10.2 Å². The summed E-state index contributed by atoms with van der Waals surface area (Å²) in [4.78, 5) is 0. The minimum absolute atomic E-state index is 0.0579. The van der Waals surface area contributed by atoms with Crippen LogP contribution in [0.5, 0.6) is 5.75 Å². The topological polar surface area (TPSA) is 48.2 Å². The maximum absolute atomic E-state index is 13.5. The van der Waals surface area contributed by atoms with Crippen LogP contribution in [0.15, 0.2) is 40.8 Å². The molecule has 118 valence electrons. The van der Waals surface area contributed by atoms with Gasteiger partial charge in [0, 0.05) is 5.02 Å². The fourth-order valence-corrected chi connectivity index (χ4v) is 2.37. The summed E-state index contributed by atoms with van der Waals surface area (Å²) in [6.45, 7) is 0.0579. The number of aromatic nitrogens is 2. The van der Waals surface area contributed by atoms with Crippen molar-refractivity contribution in [3.8, 4) is 17.2 Å². The van der Waals surface area contributed by atoms with E-state index in [1.54, 1.807) is 24.3 Å². The van der Waals surface area contributed by atoms with Gasteiger partial charge in [-0.25, -0.2) is 4.39 Å². The number of hydrogen-bond acceptors (Lipinski definition) is 4. The molecule has 3 rings (SSSR count). The summed E-state index contributed by atoms with van der Waals surface area (Å²) in [6.07, 6.45) is 0. The summed E-state index contributed by atoms with van der Waals surface area (Å²) in [6, 6.07) is 9.25. The first-order valence-corrected chi connectivity index (χ1v) is 7.52. The van der Waals surface area contributed by atoms with E-state index < -0.39 is 5.82 Å². The summed E-state index contributed by atoms with van der Waals surface area (Å²) in [7, 11) is 0. The molecule has 4 nitrogen and oxygen atoms in total. The third-order valence-corrected chi connectivity index (χ3v) is 3.74. The molecule has 0 amide bonds. The highest BCUT2D eigenvalue weighted by molar-refractivity contribution is 6.36. The molecule has 0 bridgehead atoms. The van der Waals surface area contributed by atoms with E-state index in [1.165, 1.54) is 6.07 Å².